The van der Waals surface area contributed by atoms with Gasteiger partial charge in [0.2, 0.25) is 0 Å². The van der Waals surface area contributed by atoms with Crippen LogP contribution in [0, 0.1) is 0 Å². The molecule has 0 saturated heterocycles. The largest absolute Gasteiger partial charge is 0.482 e. The number of rotatable bonds is 1. The van der Waals surface area contributed by atoms with E-state index in [1.807, 2.05) is 18.2 Å². The first kappa shape index (κ1) is 8.10. The van der Waals surface area contributed by atoms with Crippen LogP contribution >= 0.6 is 0 Å². The highest BCUT2D eigenvalue weighted by Gasteiger charge is 2.15. The highest BCUT2D eigenvalue weighted by atomic mass is 16.5. The Morgan fingerprint density at radius 2 is 2.46 bits per heavy atom. The van der Waals surface area contributed by atoms with Gasteiger partial charge in [-0.2, -0.15) is 0 Å². The van der Waals surface area contributed by atoms with Crippen molar-refractivity contribution in [3.8, 4) is 5.75 Å². The second kappa shape index (κ2) is 3.09. The van der Waals surface area contributed by atoms with E-state index in [1.165, 1.54) is 5.56 Å². The fraction of sp³-hybridized carbons (Fsp3) is 0.300. The zero-order chi connectivity index (χ0) is 9.26. The van der Waals surface area contributed by atoms with E-state index < -0.39 is 0 Å². The Morgan fingerprint density at radius 1 is 1.62 bits per heavy atom. The number of amides is 1. The molecule has 0 aliphatic carbocycles. The van der Waals surface area contributed by atoms with Gasteiger partial charge >= 0.3 is 0 Å². The van der Waals surface area contributed by atoms with Crippen molar-refractivity contribution >= 4 is 11.6 Å². The molecule has 0 unspecified atom stereocenters. The fourth-order valence-corrected chi connectivity index (χ4v) is 1.35. The summed E-state index contributed by atoms with van der Waals surface area (Å²) in [6.45, 7) is 2.20. The predicted molar refractivity (Wildman–Crippen MR) is 54.2 cm³/mol. The summed E-state index contributed by atoms with van der Waals surface area (Å²) >= 11 is 0. The van der Waals surface area contributed by atoms with Crippen molar-refractivity contribution < 1.29 is 12.4 Å². The maximum absolute atomic E-state index is 11.0. The third kappa shape index (κ3) is 1.49. The molecule has 13 heavy (non-hydrogen) atoms. The lowest BCUT2D eigenvalue weighted by Crippen LogP contribution is -2.25. The Morgan fingerprint density at radius 3 is 3.23 bits per heavy atom. The third-order valence-corrected chi connectivity index (χ3v) is 2.09. The quantitative estimate of drug-likeness (QED) is 0.720. The predicted octanol–water partition coefficient (Wildman–Crippen LogP) is 2.07. The second-order valence-electron chi connectivity index (χ2n) is 3.02. The zero-order valence-electron chi connectivity index (χ0n) is 7.46. The lowest BCUT2D eigenvalue weighted by atomic mass is 10.1. The van der Waals surface area contributed by atoms with Crippen LogP contribution in [-0.2, 0) is 11.2 Å². The van der Waals surface area contributed by atoms with E-state index in [9.17, 15) is 4.79 Å². The molecule has 0 spiro atoms. The SMILES string of the molecule is CCc1ccc2c(c1)NC(=O)CO2.[HH].[HH]. The molecule has 0 saturated carbocycles. The maximum atomic E-state index is 11.0. The van der Waals surface area contributed by atoms with E-state index in [0.29, 0.717) is 0 Å². The van der Waals surface area contributed by atoms with Gasteiger partial charge in [-0.3, -0.25) is 4.79 Å². The number of fused-ring (bicyclic) bond motifs is 1. The highest BCUT2D eigenvalue weighted by molar-refractivity contribution is 5.95. The number of aryl methyl sites for hydroxylation is 1. The molecule has 0 aromatic heterocycles. The summed E-state index contributed by atoms with van der Waals surface area (Å²) < 4.78 is 5.22. The normalized spacial score (nSPS) is 14.4. The summed E-state index contributed by atoms with van der Waals surface area (Å²) in [6, 6.07) is 5.86. The van der Waals surface area contributed by atoms with Gasteiger partial charge in [-0.1, -0.05) is 13.0 Å². The molecule has 1 aromatic rings. The van der Waals surface area contributed by atoms with E-state index in [1.54, 1.807) is 0 Å². The van der Waals surface area contributed by atoms with Crippen molar-refractivity contribution in [1.29, 1.82) is 0 Å². The number of anilines is 1. The molecule has 1 N–H and O–H groups in total. The molecule has 1 amide bonds. The standard InChI is InChI=1S/C10H11NO2.2H2/c1-2-7-3-4-9-8(5-7)11-10(12)6-13-9;;/h3-5H,2,6H2,1H3,(H,11,12);2*1H. The average Bonchev–Trinajstić information content (AvgIpc) is 2.16. The van der Waals surface area contributed by atoms with Gasteiger partial charge in [0.25, 0.3) is 5.91 Å². The first-order chi connectivity index (χ1) is 6.29. The average molecular weight is 181 g/mol. The molecular formula is C10H15NO2. The van der Waals surface area contributed by atoms with Crippen molar-refractivity contribution in [1.82, 2.24) is 0 Å². The minimum Gasteiger partial charge on any atom is -0.482 e. The number of carbonyl (C=O) groups excluding carboxylic acids is 1. The van der Waals surface area contributed by atoms with Crippen LogP contribution in [0.2, 0.25) is 0 Å². The fourth-order valence-electron chi connectivity index (χ4n) is 1.35. The van der Waals surface area contributed by atoms with Crippen molar-refractivity contribution in [2.24, 2.45) is 0 Å². The van der Waals surface area contributed by atoms with Crippen LogP contribution in [0.25, 0.3) is 0 Å². The smallest absolute Gasteiger partial charge is 0.262 e. The van der Waals surface area contributed by atoms with E-state index in [4.69, 9.17) is 4.74 Å². The number of hydrogen-bond acceptors (Lipinski definition) is 2. The van der Waals surface area contributed by atoms with Crippen LogP contribution in [0.15, 0.2) is 18.2 Å². The topological polar surface area (TPSA) is 38.3 Å². The first-order valence-corrected chi connectivity index (χ1v) is 4.35. The van der Waals surface area contributed by atoms with Gasteiger partial charge in [-0.15, -0.1) is 0 Å². The summed E-state index contributed by atoms with van der Waals surface area (Å²) in [5, 5.41) is 2.77. The lowest BCUT2D eigenvalue weighted by Gasteiger charge is -2.18. The number of carbonyl (C=O) groups is 1. The Bertz CT molecular complexity index is 355. The summed E-state index contributed by atoms with van der Waals surface area (Å²) in [4.78, 5) is 11.0. The van der Waals surface area contributed by atoms with Crippen LogP contribution in [0.4, 0.5) is 5.69 Å². The molecule has 1 aromatic carbocycles. The van der Waals surface area contributed by atoms with Crippen LogP contribution in [0.1, 0.15) is 15.3 Å². The van der Waals surface area contributed by atoms with E-state index in [0.717, 1.165) is 17.9 Å². The Balaban J connectivity index is 0.000000980. The lowest BCUT2D eigenvalue weighted by molar-refractivity contribution is -0.118. The van der Waals surface area contributed by atoms with Crippen molar-refractivity contribution in [3.63, 3.8) is 0 Å². The van der Waals surface area contributed by atoms with Gasteiger partial charge in [-0.05, 0) is 24.1 Å². The van der Waals surface area contributed by atoms with Crippen LogP contribution in [0.3, 0.4) is 0 Å². The van der Waals surface area contributed by atoms with E-state index in [2.05, 4.69) is 12.2 Å². The second-order valence-corrected chi connectivity index (χ2v) is 3.02. The molecule has 0 fully saturated rings. The minimum atomic E-state index is -0.0826. The molecule has 72 valence electrons. The highest BCUT2D eigenvalue weighted by Crippen LogP contribution is 2.28. The van der Waals surface area contributed by atoms with E-state index in [-0.39, 0.29) is 15.4 Å². The Kier molecular flexibility index (Phi) is 1.93. The monoisotopic (exact) mass is 181 g/mol. The minimum absolute atomic E-state index is 0. The Labute approximate surface area is 79.7 Å². The van der Waals surface area contributed by atoms with Gasteiger partial charge < -0.3 is 10.1 Å². The maximum Gasteiger partial charge on any atom is 0.262 e. The van der Waals surface area contributed by atoms with Crippen molar-refractivity contribution in [2.75, 3.05) is 11.9 Å². The molecule has 2 rings (SSSR count). The van der Waals surface area contributed by atoms with Crippen LogP contribution < -0.4 is 10.1 Å². The number of hydrogen-bond donors (Lipinski definition) is 1. The number of ether oxygens (including phenoxy) is 1. The molecule has 1 aliphatic rings. The van der Waals surface area contributed by atoms with Crippen LogP contribution in [-0.4, -0.2) is 12.5 Å². The molecule has 1 heterocycles. The van der Waals surface area contributed by atoms with Crippen molar-refractivity contribution in [3.05, 3.63) is 23.8 Å². The molecule has 3 nitrogen and oxygen atoms in total. The molecule has 1 aliphatic heterocycles. The van der Waals surface area contributed by atoms with Gasteiger partial charge in [0.1, 0.15) is 5.75 Å². The van der Waals surface area contributed by atoms with Gasteiger partial charge in [0, 0.05) is 2.85 Å². The van der Waals surface area contributed by atoms with E-state index >= 15 is 0 Å². The first-order valence-electron chi connectivity index (χ1n) is 4.35. The summed E-state index contributed by atoms with van der Waals surface area (Å²) in [6.07, 6.45) is 0.961. The third-order valence-electron chi connectivity index (χ3n) is 2.09. The van der Waals surface area contributed by atoms with Crippen molar-refractivity contribution in [2.45, 2.75) is 13.3 Å². The zero-order valence-corrected chi connectivity index (χ0v) is 7.46. The number of nitrogens with one attached hydrogen (secondary N) is 1. The van der Waals surface area contributed by atoms with Gasteiger partial charge in [0.15, 0.2) is 6.61 Å². The van der Waals surface area contributed by atoms with Crippen LogP contribution in [0.5, 0.6) is 5.75 Å². The summed E-state index contributed by atoms with van der Waals surface area (Å²) in [5.74, 6) is 0.678. The molecule has 0 atom stereocenters. The Hall–Kier alpha value is -1.51. The van der Waals surface area contributed by atoms with Gasteiger partial charge in [0.05, 0.1) is 5.69 Å². The molecule has 3 heteroatoms. The van der Waals surface area contributed by atoms with Gasteiger partial charge in [-0.25, -0.2) is 0 Å². The molecule has 0 bridgehead atoms. The molecular weight excluding hydrogens is 166 g/mol. The number of benzene rings is 1. The summed E-state index contributed by atoms with van der Waals surface area (Å²) in [7, 11) is 0. The molecule has 0 radical (unpaired) electrons. The summed E-state index contributed by atoms with van der Waals surface area (Å²) in [5.41, 5.74) is 1.99.